The lowest BCUT2D eigenvalue weighted by molar-refractivity contribution is -0.137. The molecule has 0 bridgehead atoms. The Morgan fingerprint density at radius 2 is 1.84 bits per heavy atom. The molecule has 7 nitrogen and oxygen atoms in total. The fourth-order valence-electron chi connectivity index (χ4n) is 3.05. The molecule has 0 radical (unpaired) electrons. The summed E-state index contributed by atoms with van der Waals surface area (Å²) < 4.78 is 65.8. The van der Waals surface area contributed by atoms with Gasteiger partial charge in [-0.15, -0.1) is 0 Å². The average Bonchev–Trinajstić information content (AvgIpc) is 3.15. The standard InChI is InChI=1S/C21H21F3N4O3S/c1-15-25-10-11-27(15)18-8-6-16(7-9-18)13-26-20(29)14-28(32(2,30)31)19-5-3-4-17(12-19)21(22,23)24/h3-12H,13-14H2,1-2H3,(H,26,29). The summed E-state index contributed by atoms with van der Waals surface area (Å²) in [6, 6.07) is 11.1. The van der Waals surface area contributed by atoms with Crippen LogP contribution in [0.2, 0.25) is 0 Å². The zero-order valence-corrected chi connectivity index (χ0v) is 18.1. The first-order valence-corrected chi connectivity index (χ1v) is 11.3. The second-order valence-corrected chi connectivity index (χ2v) is 9.01. The number of halogens is 3. The molecule has 0 saturated heterocycles. The molecule has 0 atom stereocenters. The molecule has 0 aliphatic heterocycles. The van der Waals surface area contributed by atoms with Crippen LogP contribution in [0.4, 0.5) is 18.9 Å². The number of nitrogens with one attached hydrogen (secondary N) is 1. The number of aryl methyl sites for hydroxylation is 1. The van der Waals surface area contributed by atoms with E-state index in [1.165, 1.54) is 6.07 Å². The zero-order chi connectivity index (χ0) is 23.5. The Hall–Kier alpha value is -3.34. The number of nitrogens with zero attached hydrogens (tertiary/aromatic N) is 3. The van der Waals surface area contributed by atoms with Gasteiger partial charge in [-0.2, -0.15) is 13.2 Å². The lowest BCUT2D eigenvalue weighted by Gasteiger charge is -2.22. The second-order valence-electron chi connectivity index (χ2n) is 7.11. The summed E-state index contributed by atoms with van der Waals surface area (Å²) in [6.07, 6.45) is -0.304. The number of hydrogen-bond donors (Lipinski definition) is 1. The van der Waals surface area contributed by atoms with Crippen LogP contribution in [-0.4, -0.2) is 36.7 Å². The minimum atomic E-state index is -4.64. The highest BCUT2D eigenvalue weighted by Gasteiger charge is 2.32. The third kappa shape index (κ3) is 5.67. The van der Waals surface area contributed by atoms with Crippen LogP contribution in [0.3, 0.4) is 0 Å². The summed E-state index contributed by atoms with van der Waals surface area (Å²) in [4.78, 5) is 16.5. The van der Waals surface area contributed by atoms with Crippen LogP contribution in [0.15, 0.2) is 60.9 Å². The number of carbonyl (C=O) groups excluding carboxylic acids is 1. The van der Waals surface area contributed by atoms with E-state index in [2.05, 4.69) is 10.3 Å². The van der Waals surface area contributed by atoms with Crippen LogP contribution >= 0.6 is 0 Å². The quantitative estimate of drug-likeness (QED) is 0.579. The van der Waals surface area contributed by atoms with Crippen molar-refractivity contribution in [2.24, 2.45) is 0 Å². The minimum Gasteiger partial charge on any atom is -0.350 e. The fourth-order valence-corrected chi connectivity index (χ4v) is 3.90. The van der Waals surface area contributed by atoms with Crippen LogP contribution in [0, 0.1) is 6.92 Å². The van der Waals surface area contributed by atoms with Crippen molar-refractivity contribution in [1.29, 1.82) is 0 Å². The summed E-state index contributed by atoms with van der Waals surface area (Å²) in [5, 5.41) is 2.60. The highest BCUT2D eigenvalue weighted by Crippen LogP contribution is 2.32. The molecule has 1 aromatic heterocycles. The molecule has 11 heteroatoms. The van der Waals surface area contributed by atoms with Crippen LogP contribution in [0.25, 0.3) is 5.69 Å². The van der Waals surface area contributed by atoms with Gasteiger partial charge in [-0.3, -0.25) is 9.10 Å². The predicted molar refractivity (Wildman–Crippen MR) is 114 cm³/mol. The van der Waals surface area contributed by atoms with E-state index in [9.17, 15) is 26.4 Å². The van der Waals surface area contributed by atoms with Gasteiger partial charge in [0.1, 0.15) is 12.4 Å². The highest BCUT2D eigenvalue weighted by molar-refractivity contribution is 7.92. The summed E-state index contributed by atoms with van der Waals surface area (Å²) in [5.74, 6) is 0.170. The maximum absolute atomic E-state index is 13.0. The molecule has 170 valence electrons. The Balaban J connectivity index is 1.68. The van der Waals surface area contributed by atoms with Gasteiger partial charge in [0.15, 0.2) is 0 Å². The van der Waals surface area contributed by atoms with Crippen LogP contribution in [-0.2, 0) is 27.5 Å². The van der Waals surface area contributed by atoms with E-state index in [1.807, 2.05) is 29.8 Å². The smallest absolute Gasteiger partial charge is 0.350 e. The zero-order valence-electron chi connectivity index (χ0n) is 17.3. The summed E-state index contributed by atoms with van der Waals surface area (Å²) in [6.45, 7) is 1.35. The van der Waals surface area contributed by atoms with Crippen molar-refractivity contribution in [3.8, 4) is 5.69 Å². The number of carbonyl (C=O) groups is 1. The molecule has 0 spiro atoms. The molecule has 3 rings (SSSR count). The van der Waals surface area contributed by atoms with E-state index in [-0.39, 0.29) is 12.2 Å². The molecular weight excluding hydrogens is 445 g/mol. The number of anilines is 1. The molecule has 1 N–H and O–H groups in total. The molecule has 1 heterocycles. The van der Waals surface area contributed by atoms with E-state index < -0.39 is 34.2 Å². The Kier molecular flexibility index (Phi) is 6.58. The van der Waals surface area contributed by atoms with E-state index in [1.54, 1.807) is 18.3 Å². The number of imidazole rings is 1. The van der Waals surface area contributed by atoms with Crippen molar-refractivity contribution in [3.05, 3.63) is 77.9 Å². The summed E-state index contributed by atoms with van der Waals surface area (Å²) >= 11 is 0. The van der Waals surface area contributed by atoms with Crippen molar-refractivity contribution >= 4 is 21.6 Å². The molecule has 2 aromatic carbocycles. The number of benzene rings is 2. The normalized spacial score (nSPS) is 11.9. The van der Waals surface area contributed by atoms with Gasteiger partial charge in [0.2, 0.25) is 15.9 Å². The third-order valence-corrected chi connectivity index (χ3v) is 5.82. The predicted octanol–water partition coefficient (Wildman–Crippen LogP) is 3.28. The number of aromatic nitrogens is 2. The molecule has 0 fully saturated rings. The van der Waals surface area contributed by atoms with Gasteiger partial charge in [0.05, 0.1) is 17.5 Å². The Morgan fingerprint density at radius 1 is 1.16 bits per heavy atom. The SMILES string of the molecule is Cc1nccn1-c1ccc(CNC(=O)CN(c2cccc(C(F)(F)F)c2)S(C)(=O)=O)cc1. The molecule has 0 aliphatic carbocycles. The van der Waals surface area contributed by atoms with Crippen molar-refractivity contribution in [3.63, 3.8) is 0 Å². The van der Waals surface area contributed by atoms with Crippen LogP contribution in [0.1, 0.15) is 17.0 Å². The Bertz CT molecular complexity index is 1210. The van der Waals surface area contributed by atoms with Gasteiger partial charge >= 0.3 is 6.18 Å². The minimum absolute atomic E-state index is 0.127. The van der Waals surface area contributed by atoms with E-state index in [0.717, 1.165) is 35.5 Å². The van der Waals surface area contributed by atoms with Crippen molar-refractivity contribution < 1.29 is 26.4 Å². The number of rotatable bonds is 7. The monoisotopic (exact) mass is 466 g/mol. The molecule has 32 heavy (non-hydrogen) atoms. The number of amides is 1. The maximum Gasteiger partial charge on any atom is 0.416 e. The molecular formula is C21H21F3N4O3S. The first-order valence-electron chi connectivity index (χ1n) is 9.46. The second kappa shape index (κ2) is 9.03. The Labute approximate surface area is 183 Å². The van der Waals surface area contributed by atoms with Gasteiger partial charge in [0.25, 0.3) is 0 Å². The Morgan fingerprint density at radius 3 is 2.41 bits per heavy atom. The van der Waals surface area contributed by atoms with Gasteiger partial charge in [0, 0.05) is 24.6 Å². The summed E-state index contributed by atoms with van der Waals surface area (Å²) in [5.41, 5.74) is 0.419. The van der Waals surface area contributed by atoms with Crippen LogP contribution in [0.5, 0.6) is 0 Å². The van der Waals surface area contributed by atoms with Crippen molar-refractivity contribution in [1.82, 2.24) is 14.9 Å². The lowest BCUT2D eigenvalue weighted by atomic mass is 10.2. The lowest BCUT2D eigenvalue weighted by Crippen LogP contribution is -2.40. The maximum atomic E-state index is 13.0. The third-order valence-electron chi connectivity index (χ3n) is 4.68. The summed E-state index contributed by atoms with van der Waals surface area (Å²) in [7, 11) is -4.00. The van der Waals surface area contributed by atoms with Gasteiger partial charge in [-0.05, 0) is 42.8 Å². The van der Waals surface area contributed by atoms with Gasteiger partial charge < -0.3 is 9.88 Å². The van der Waals surface area contributed by atoms with Crippen molar-refractivity contribution in [2.45, 2.75) is 19.6 Å². The molecule has 0 unspecified atom stereocenters. The fraction of sp³-hybridized carbons (Fsp3) is 0.238. The number of alkyl halides is 3. The molecule has 3 aromatic rings. The first kappa shape index (κ1) is 23.3. The van der Waals surface area contributed by atoms with Gasteiger partial charge in [-0.25, -0.2) is 13.4 Å². The first-order chi connectivity index (χ1) is 14.9. The molecule has 1 amide bonds. The average molecular weight is 466 g/mol. The number of sulfonamides is 1. The largest absolute Gasteiger partial charge is 0.416 e. The van der Waals surface area contributed by atoms with Crippen LogP contribution < -0.4 is 9.62 Å². The van der Waals surface area contributed by atoms with E-state index in [4.69, 9.17) is 0 Å². The molecule has 0 saturated carbocycles. The van der Waals surface area contributed by atoms with E-state index >= 15 is 0 Å². The van der Waals surface area contributed by atoms with E-state index in [0.29, 0.717) is 10.4 Å². The van der Waals surface area contributed by atoms with Gasteiger partial charge in [-0.1, -0.05) is 18.2 Å². The number of hydrogen-bond acceptors (Lipinski definition) is 4. The highest BCUT2D eigenvalue weighted by atomic mass is 32.2. The molecule has 0 aliphatic rings. The van der Waals surface area contributed by atoms with Crippen molar-refractivity contribution in [2.75, 3.05) is 17.1 Å². The topological polar surface area (TPSA) is 84.3 Å².